The Balaban J connectivity index is 2.10. The predicted molar refractivity (Wildman–Crippen MR) is 91.9 cm³/mol. The maximum atomic E-state index is 13.3. The van der Waals surface area contributed by atoms with Crippen molar-refractivity contribution >= 4 is 34.9 Å². The molecule has 2 rings (SSSR count). The normalized spacial score (nSPS) is 10.1. The first-order valence-corrected chi connectivity index (χ1v) is 7.49. The third kappa shape index (κ3) is 4.94. The summed E-state index contributed by atoms with van der Waals surface area (Å²) in [4.78, 5) is 24.1. The fourth-order valence-electron chi connectivity index (χ4n) is 1.98. The van der Waals surface area contributed by atoms with Crippen molar-refractivity contribution in [1.29, 1.82) is 0 Å². The van der Waals surface area contributed by atoms with Gasteiger partial charge in [-0.2, -0.15) is 0 Å². The lowest BCUT2D eigenvalue weighted by atomic mass is 10.1. The van der Waals surface area contributed by atoms with E-state index in [0.29, 0.717) is 24.3 Å². The first-order valence-electron chi connectivity index (χ1n) is 7.11. The summed E-state index contributed by atoms with van der Waals surface area (Å²) >= 11 is 5.73. The fourth-order valence-corrected chi connectivity index (χ4v) is 2.20. The van der Waals surface area contributed by atoms with Gasteiger partial charge in [-0.3, -0.25) is 4.79 Å². The number of urea groups is 1. The van der Waals surface area contributed by atoms with Crippen LogP contribution in [0.1, 0.15) is 10.4 Å². The zero-order chi connectivity index (χ0) is 17.5. The van der Waals surface area contributed by atoms with Crippen LogP contribution in [-0.2, 0) is 0 Å². The predicted octanol–water partition coefficient (Wildman–Crippen LogP) is 2.81. The van der Waals surface area contributed by atoms with Crippen LogP contribution in [0.25, 0.3) is 0 Å². The summed E-state index contributed by atoms with van der Waals surface area (Å²) in [6.07, 6.45) is 0. The van der Waals surface area contributed by atoms with Gasteiger partial charge in [-0.05, 0) is 30.3 Å². The lowest BCUT2D eigenvalue weighted by molar-refractivity contribution is 0.0955. The number of para-hydroxylation sites is 1. The molecule has 0 aromatic heterocycles. The molecule has 0 radical (unpaired) electrons. The third-order valence-electron chi connectivity index (χ3n) is 2.97. The van der Waals surface area contributed by atoms with Crippen LogP contribution in [0.3, 0.4) is 0 Å². The van der Waals surface area contributed by atoms with Gasteiger partial charge in [-0.25, -0.2) is 9.18 Å². The number of nitrogens with two attached hydrogens (primary N) is 1. The highest BCUT2D eigenvalue weighted by Crippen LogP contribution is 2.19. The number of carbonyl (C=O) groups is 2. The van der Waals surface area contributed by atoms with Gasteiger partial charge in [0, 0.05) is 23.8 Å². The van der Waals surface area contributed by atoms with Crippen molar-refractivity contribution in [2.24, 2.45) is 5.73 Å². The van der Waals surface area contributed by atoms with E-state index < -0.39 is 11.8 Å². The molecule has 8 heteroatoms. The number of halogens is 2. The number of rotatable bonds is 5. The van der Waals surface area contributed by atoms with Crippen LogP contribution in [0, 0.1) is 5.82 Å². The topological polar surface area (TPSA) is 96.2 Å². The van der Waals surface area contributed by atoms with E-state index in [1.807, 2.05) is 0 Å². The molecular weight excluding hydrogens is 335 g/mol. The summed E-state index contributed by atoms with van der Waals surface area (Å²) in [5, 5.41) is 7.79. The first-order chi connectivity index (χ1) is 11.5. The van der Waals surface area contributed by atoms with Gasteiger partial charge < -0.3 is 21.7 Å². The van der Waals surface area contributed by atoms with E-state index in [4.69, 9.17) is 17.3 Å². The molecule has 2 aromatic rings. The summed E-state index contributed by atoms with van der Waals surface area (Å²) < 4.78 is 13.3. The second kappa shape index (κ2) is 8.28. The van der Waals surface area contributed by atoms with Gasteiger partial charge in [0.1, 0.15) is 5.82 Å². The van der Waals surface area contributed by atoms with Gasteiger partial charge in [-0.15, -0.1) is 0 Å². The van der Waals surface area contributed by atoms with Gasteiger partial charge in [-0.1, -0.05) is 23.7 Å². The van der Waals surface area contributed by atoms with E-state index in [2.05, 4.69) is 16.0 Å². The quantitative estimate of drug-likeness (QED) is 0.667. The molecule has 2 aromatic carbocycles. The maximum Gasteiger partial charge on any atom is 0.323 e. The van der Waals surface area contributed by atoms with Crippen LogP contribution >= 0.6 is 11.6 Å². The Morgan fingerprint density at radius 3 is 2.58 bits per heavy atom. The van der Waals surface area contributed by atoms with Crippen molar-refractivity contribution in [3.63, 3.8) is 0 Å². The van der Waals surface area contributed by atoms with Crippen molar-refractivity contribution in [2.75, 3.05) is 23.7 Å². The number of hydrogen-bond acceptors (Lipinski definition) is 3. The summed E-state index contributed by atoms with van der Waals surface area (Å²) in [7, 11) is 0. The Morgan fingerprint density at radius 1 is 1.12 bits per heavy atom. The second-order valence-electron chi connectivity index (χ2n) is 4.83. The van der Waals surface area contributed by atoms with Crippen LogP contribution in [0.5, 0.6) is 0 Å². The Morgan fingerprint density at radius 2 is 1.88 bits per heavy atom. The van der Waals surface area contributed by atoms with Crippen LogP contribution in [0.15, 0.2) is 42.5 Å². The minimum Gasteiger partial charge on any atom is -0.351 e. The number of hydrogen-bond donors (Lipinski definition) is 4. The lowest BCUT2D eigenvalue weighted by Crippen LogP contribution is -2.30. The zero-order valence-corrected chi connectivity index (χ0v) is 13.4. The first kappa shape index (κ1) is 17.7. The SMILES string of the molecule is NCCNC(=O)c1ccccc1NC(=O)Nc1cc(F)cc(Cl)c1. The molecule has 3 amide bonds. The van der Waals surface area contributed by atoms with E-state index in [9.17, 15) is 14.0 Å². The molecule has 0 aliphatic heterocycles. The van der Waals surface area contributed by atoms with Crippen LogP contribution in [0.4, 0.5) is 20.6 Å². The summed E-state index contributed by atoms with van der Waals surface area (Å²) in [6, 6.07) is 9.53. The molecule has 24 heavy (non-hydrogen) atoms. The Labute approximate surface area is 143 Å². The minimum atomic E-state index is -0.629. The maximum absolute atomic E-state index is 13.3. The van der Waals surface area contributed by atoms with Crippen molar-refractivity contribution in [3.05, 3.63) is 58.9 Å². The van der Waals surface area contributed by atoms with Gasteiger partial charge in [0.05, 0.1) is 11.3 Å². The molecule has 0 bridgehead atoms. The highest BCUT2D eigenvalue weighted by molar-refractivity contribution is 6.31. The highest BCUT2D eigenvalue weighted by Gasteiger charge is 2.13. The molecule has 0 saturated heterocycles. The molecule has 0 fully saturated rings. The zero-order valence-electron chi connectivity index (χ0n) is 12.6. The van der Waals surface area contributed by atoms with Gasteiger partial charge in [0.2, 0.25) is 0 Å². The minimum absolute atomic E-state index is 0.159. The Hall–Kier alpha value is -2.64. The van der Waals surface area contributed by atoms with Gasteiger partial charge in [0.15, 0.2) is 0 Å². The van der Waals surface area contributed by atoms with Crippen molar-refractivity contribution in [2.45, 2.75) is 0 Å². The Bertz CT molecular complexity index is 734. The van der Waals surface area contributed by atoms with Crippen molar-refractivity contribution < 1.29 is 14.0 Å². The van der Waals surface area contributed by atoms with Crippen molar-refractivity contribution in [1.82, 2.24) is 5.32 Å². The summed E-state index contributed by atoms with van der Waals surface area (Å²) in [5.41, 5.74) is 6.15. The Kier molecular flexibility index (Phi) is 6.11. The van der Waals surface area contributed by atoms with E-state index in [0.717, 1.165) is 12.1 Å². The lowest BCUT2D eigenvalue weighted by Gasteiger charge is -2.12. The van der Waals surface area contributed by atoms with E-state index in [1.165, 1.54) is 6.07 Å². The van der Waals surface area contributed by atoms with Gasteiger partial charge >= 0.3 is 6.03 Å². The van der Waals surface area contributed by atoms with E-state index in [-0.39, 0.29) is 16.6 Å². The highest BCUT2D eigenvalue weighted by atomic mass is 35.5. The van der Waals surface area contributed by atoms with Crippen LogP contribution < -0.4 is 21.7 Å². The fraction of sp³-hybridized carbons (Fsp3) is 0.125. The number of amides is 3. The monoisotopic (exact) mass is 350 g/mol. The molecule has 0 heterocycles. The molecule has 126 valence electrons. The molecule has 0 aliphatic rings. The number of carbonyl (C=O) groups excluding carboxylic acids is 2. The van der Waals surface area contributed by atoms with E-state index >= 15 is 0 Å². The molecule has 0 spiro atoms. The summed E-state index contributed by atoms with van der Waals surface area (Å²) in [6.45, 7) is 0.628. The number of anilines is 2. The average Bonchev–Trinajstić information content (AvgIpc) is 2.52. The number of benzene rings is 2. The van der Waals surface area contributed by atoms with Crippen molar-refractivity contribution in [3.8, 4) is 0 Å². The molecular formula is C16H16ClFN4O2. The van der Waals surface area contributed by atoms with E-state index in [1.54, 1.807) is 24.3 Å². The molecule has 6 nitrogen and oxygen atoms in total. The van der Waals surface area contributed by atoms with Crippen LogP contribution in [-0.4, -0.2) is 25.0 Å². The molecule has 0 saturated carbocycles. The number of nitrogens with one attached hydrogen (secondary N) is 3. The van der Waals surface area contributed by atoms with Gasteiger partial charge in [0.25, 0.3) is 5.91 Å². The molecule has 0 atom stereocenters. The molecule has 0 unspecified atom stereocenters. The second-order valence-corrected chi connectivity index (χ2v) is 5.26. The van der Waals surface area contributed by atoms with Crippen LogP contribution in [0.2, 0.25) is 5.02 Å². The molecule has 5 N–H and O–H groups in total. The largest absolute Gasteiger partial charge is 0.351 e. The third-order valence-corrected chi connectivity index (χ3v) is 3.19. The smallest absolute Gasteiger partial charge is 0.323 e. The molecule has 0 aliphatic carbocycles. The summed E-state index contributed by atoms with van der Waals surface area (Å²) in [5.74, 6) is -0.926. The average molecular weight is 351 g/mol. The standard InChI is InChI=1S/C16H16ClFN4O2/c17-10-7-11(18)9-12(8-10)21-16(24)22-14-4-2-1-3-13(14)15(23)20-6-5-19/h1-4,7-9H,5-6,19H2,(H,20,23)(H2,21,22,24).